The molecule has 0 saturated carbocycles. The maximum absolute atomic E-state index is 12.4. The van der Waals surface area contributed by atoms with E-state index < -0.39 is 36.7 Å². The van der Waals surface area contributed by atoms with Crippen molar-refractivity contribution in [1.82, 2.24) is 0 Å². The SMILES string of the molecule is CO[C@@H]1OC(COC(=O)c2ccccc2)[C@H](O)C(OCc2ccccc2)C1OCc1ccccc1. The molecule has 0 radical (unpaired) electrons. The van der Waals surface area contributed by atoms with Crippen molar-refractivity contribution in [2.75, 3.05) is 13.7 Å². The van der Waals surface area contributed by atoms with E-state index in [1.165, 1.54) is 7.11 Å². The summed E-state index contributed by atoms with van der Waals surface area (Å²) in [5.41, 5.74) is 2.34. The van der Waals surface area contributed by atoms with Crippen LogP contribution in [0, 0.1) is 0 Å². The van der Waals surface area contributed by atoms with Crippen molar-refractivity contribution in [3.63, 3.8) is 0 Å². The zero-order valence-corrected chi connectivity index (χ0v) is 19.6. The second-order valence-corrected chi connectivity index (χ2v) is 8.26. The standard InChI is InChI=1S/C28H30O7/c1-31-28-26(33-18-21-13-7-3-8-14-21)25(32-17-20-11-5-2-6-12-20)24(29)23(35-28)19-34-27(30)22-15-9-4-10-16-22/h2-16,23-26,28-29H,17-19H2,1H3/t23?,24-,25?,26?,28+/m0/s1. The van der Waals surface area contributed by atoms with Crippen LogP contribution in [0.2, 0.25) is 0 Å². The van der Waals surface area contributed by atoms with Crippen molar-refractivity contribution in [2.24, 2.45) is 0 Å². The second kappa shape index (κ2) is 12.6. The highest BCUT2D eigenvalue weighted by atomic mass is 16.7. The van der Waals surface area contributed by atoms with Crippen molar-refractivity contribution in [2.45, 2.75) is 43.9 Å². The van der Waals surface area contributed by atoms with Gasteiger partial charge in [-0.1, -0.05) is 78.9 Å². The van der Waals surface area contributed by atoms with Crippen LogP contribution in [0.4, 0.5) is 0 Å². The molecule has 7 heteroatoms. The van der Waals surface area contributed by atoms with Crippen LogP contribution in [0.25, 0.3) is 0 Å². The highest BCUT2D eigenvalue weighted by Gasteiger charge is 2.47. The first kappa shape index (κ1) is 25.0. The van der Waals surface area contributed by atoms with Gasteiger partial charge in [0.05, 0.1) is 18.8 Å². The van der Waals surface area contributed by atoms with E-state index in [0.717, 1.165) is 11.1 Å². The van der Waals surface area contributed by atoms with Crippen molar-refractivity contribution in [3.8, 4) is 0 Å². The summed E-state index contributed by atoms with van der Waals surface area (Å²) >= 11 is 0. The highest BCUT2D eigenvalue weighted by Crippen LogP contribution is 2.28. The van der Waals surface area contributed by atoms with Gasteiger partial charge in [-0.3, -0.25) is 0 Å². The van der Waals surface area contributed by atoms with Gasteiger partial charge in [0.25, 0.3) is 0 Å². The predicted molar refractivity (Wildman–Crippen MR) is 128 cm³/mol. The van der Waals surface area contributed by atoms with E-state index in [0.29, 0.717) is 12.2 Å². The molecule has 35 heavy (non-hydrogen) atoms. The number of aliphatic hydroxyl groups is 1. The average molecular weight is 479 g/mol. The number of hydrogen-bond acceptors (Lipinski definition) is 7. The van der Waals surface area contributed by atoms with Gasteiger partial charge in [0.1, 0.15) is 31.0 Å². The summed E-state index contributed by atoms with van der Waals surface area (Å²) in [6.07, 6.45) is -4.29. The number of carbonyl (C=O) groups is 1. The quantitative estimate of drug-likeness (QED) is 0.445. The maximum atomic E-state index is 12.4. The molecule has 1 aliphatic rings. The van der Waals surface area contributed by atoms with Gasteiger partial charge in [0.15, 0.2) is 6.29 Å². The molecule has 7 nitrogen and oxygen atoms in total. The van der Waals surface area contributed by atoms with Crippen molar-refractivity contribution in [3.05, 3.63) is 108 Å². The second-order valence-electron chi connectivity index (χ2n) is 8.26. The fourth-order valence-corrected chi connectivity index (χ4v) is 3.93. The van der Waals surface area contributed by atoms with Gasteiger partial charge in [-0.2, -0.15) is 0 Å². The van der Waals surface area contributed by atoms with E-state index >= 15 is 0 Å². The Morgan fingerprint density at radius 1 is 0.800 bits per heavy atom. The van der Waals surface area contributed by atoms with Crippen LogP contribution >= 0.6 is 0 Å². The van der Waals surface area contributed by atoms with E-state index in [1.54, 1.807) is 24.3 Å². The summed E-state index contributed by atoms with van der Waals surface area (Å²) in [5, 5.41) is 11.2. The van der Waals surface area contributed by atoms with Crippen LogP contribution in [0.1, 0.15) is 21.5 Å². The van der Waals surface area contributed by atoms with Gasteiger partial charge >= 0.3 is 5.97 Å². The number of ether oxygens (including phenoxy) is 5. The van der Waals surface area contributed by atoms with Gasteiger partial charge in [0.2, 0.25) is 0 Å². The first-order valence-corrected chi connectivity index (χ1v) is 11.5. The van der Waals surface area contributed by atoms with E-state index in [2.05, 4.69) is 0 Å². The van der Waals surface area contributed by atoms with Crippen molar-refractivity contribution in [1.29, 1.82) is 0 Å². The van der Waals surface area contributed by atoms with Gasteiger partial charge in [-0.25, -0.2) is 4.79 Å². The van der Waals surface area contributed by atoms with Crippen LogP contribution < -0.4 is 0 Å². The zero-order valence-electron chi connectivity index (χ0n) is 19.6. The molecule has 1 fully saturated rings. The average Bonchev–Trinajstić information content (AvgIpc) is 2.92. The molecule has 1 N–H and O–H groups in total. The molecule has 0 amide bonds. The molecule has 0 bridgehead atoms. The first-order chi connectivity index (χ1) is 17.2. The Morgan fingerprint density at radius 2 is 1.31 bits per heavy atom. The Kier molecular flexibility index (Phi) is 9.00. The molecule has 1 saturated heterocycles. The monoisotopic (exact) mass is 478 g/mol. The molecule has 3 unspecified atom stereocenters. The molecule has 0 spiro atoms. The number of rotatable bonds is 10. The minimum absolute atomic E-state index is 0.161. The summed E-state index contributed by atoms with van der Waals surface area (Å²) in [4.78, 5) is 12.4. The number of carbonyl (C=O) groups excluding carboxylic acids is 1. The number of esters is 1. The van der Waals surface area contributed by atoms with E-state index in [4.69, 9.17) is 23.7 Å². The smallest absolute Gasteiger partial charge is 0.338 e. The molecule has 184 valence electrons. The lowest BCUT2D eigenvalue weighted by molar-refractivity contribution is -0.313. The molecular formula is C28H30O7. The van der Waals surface area contributed by atoms with Crippen LogP contribution in [-0.2, 0) is 36.9 Å². The van der Waals surface area contributed by atoms with Gasteiger partial charge in [0, 0.05) is 7.11 Å². The van der Waals surface area contributed by atoms with Gasteiger partial charge in [-0.05, 0) is 23.3 Å². The van der Waals surface area contributed by atoms with Crippen LogP contribution in [0.3, 0.4) is 0 Å². The molecule has 1 aliphatic heterocycles. The third-order valence-electron chi connectivity index (χ3n) is 5.81. The van der Waals surface area contributed by atoms with Gasteiger partial charge in [-0.15, -0.1) is 0 Å². The lowest BCUT2D eigenvalue weighted by Gasteiger charge is -2.43. The summed E-state index contributed by atoms with van der Waals surface area (Å²) in [6.45, 7) is 0.395. The van der Waals surface area contributed by atoms with E-state index in [-0.39, 0.29) is 13.2 Å². The fraction of sp³-hybridized carbons (Fsp3) is 0.321. The molecule has 0 aliphatic carbocycles. The maximum Gasteiger partial charge on any atom is 0.338 e. The highest BCUT2D eigenvalue weighted by molar-refractivity contribution is 5.89. The largest absolute Gasteiger partial charge is 0.459 e. The minimum atomic E-state index is -1.12. The minimum Gasteiger partial charge on any atom is -0.459 e. The Labute approximate surface area is 205 Å². The summed E-state index contributed by atoms with van der Waals surface area (Å²) in [7, 11) is 1.50. The fourth-order valence-electron chi connectivity index (χ4n) is 3.93. The Hall–Kier alpha value is -3.07. The summed E-state index contributed by atoms with van der Waals surface area (Å²) in [6, 6.07) is 28.0. The molecule has 3 aromatic carbocycles. The predicted octanol–water partition coefficient (Wildman–Crippen LogP) is 3.75. The Bertz CT molecular complexity index is 1030. The van der Waals surface area contributed by atoms with E-state index in [9.17, 15) is 9.90 Å². The number of aliphatic hydroxyl groups excluding tert-OH is 1. The van der Waals surface area contributed by atoms with Gasteiger partial charge < -0.3 is 28.8 Å². The third kappa shape index (κ3) is 6.75. The number of methoxy groups -OCH3 is 1. The normalized spacial score (nSPS) is 24.1. The van der Waals surface area contributed by atoms with Crippen molar-refractivity contribution < 1.29 is 33.6 Å². The molecule has 3 aromatic rings. The molecule has 5 atom stereocenters. The lowest BCUT2D eigenvalue weighted by atomic mass is 9.98. The first-order valence-electron chi connectivity index (χ1n) is 11.5. The number of benzene rings is 3. The van der Waals surface area contributed by atoms with Crippen LogP contribution in [0.5, 0.6) is 0 Å². The zero-order chi connectivity index (χ0) is 24.5. The molecule has 4 rings (SSSR count). The topological polar surface area (TPSA) is 83.5 Å². The molecule has 1 heterocycles. The summed E-state index contributed by atoms with van der Waals surface area (Å²) < 4.78 is 29.3. The lowest BCUT2D eigenvalue weighted by Crippen LogP contribution is -2.60. The van der Waals surface area contributed by atoms with Crippen LogP contribution in [-0.4, -0.2) is 55.5 Å². The Morgan fingerprint density at radius 3 is 1.86 bits per heavy atom. The third-order valence-corrected chi connectivity index (χ3v) is 5.81. The van der Waals surface area contributed by atoms with Crippen molar-refractivity contribution >= 4 is 5.97 Å². The summed E-state index contributed by atoms with van der Waals surface area (Å²) in [5.74, 6) is -0.500. The Balaban J connectivity index is 1.47. The van der Waals surface area contributed by atoms with E-state index in [1.807, 2.05) is 66.7 Å². The molecular weight excluding hydrogens is 448 g/mol. The molecule has 0 aromatic heterocycles. The van der Waals surface area contributed by atoms with Crippen LogP contribution in [0.15, 0.2) is 91.0 Å². The number of hydrogen-bond donors (Lipinski definition) is 1.